The summed E-state index contributed by atoms with van der Waals surface area (Å²) in [6.45, 7) is -0.476. The van der Waals surface area contributed by atoms with Crippen molar-refractivity contribution in [3.05, 3.63) is 57.7 Å². The second-order valence-electron chi connectivity index (χ2n) is 6.40. The molecule has 0 fully saturated rings. The number of hydrogen-bond acceptors (Lipinski definition) is 5. The van der Waals surface area contributed by atoms with Crippen LogP contribution in [0.1, 0.15) is 0 Å². The molecule has 12 heteroatoms. The summed E-state index contributed by atoms with van der Waals surface area (Å²) in [6.07, 6.45) is -0.565. The molecular weight excluding hydrogens is 455 g/mol. The number of alkyl halides is 3. The first-order valence-corrected chi connectivity index (χ1v) is 10.1. The van der Waals surface area contributed by atoms with Crippen LogP contribution < -0.4 is 10.9 Å². The summed E-state index contributed by atoms with van der Waals surface area (Å²) in [6, 6.07) is 5.18. The van der Waals surface area contributed by atoms with E-state index in [9.17, 15) is 22.8 Å². The van der Waals surface area contributed by atoms with Crippen LogP contribution in [0.4, 0.5) is 13.2 Å². The Morgan fingerprint density at radius 2 is 2.13 bits per heavy atom. The van der Waals surface area contributed by atoms with Crippen molar-refractivity contribution in [3.63, 3.8) is 0 Å². The average Bonchev–Trinajstić information content (AvgIpc) is 3.29. The summed E-state index contributed by atoms with van der Waals surface area (Å²) in [4.78, 5) is 35.4. The van der Waals surface area contributed by atoms with Crippen molar-refractivity contribution in [1.29, 1.82) is 0 Å². The normalized spacial score (nSPS) is 11.7. The smallest absolute Gasteiger partial charge is 0.346 e. The Bertz CT molecular complexity index is 1310. The number of halogens is 4. The van der Waals surface area contributed by atoms with Gasteiger partial charge in [-0.1, -0.05) is 17.7 Å². The Balaban J connectivity index is 1.93. The number of aromatic nitrogens is 4. The van der Waals surface area contributed by atoms with Crippen molar-refractivity contribution in [2.75, 3.05) is 6.54 Å². The van der Waals surface area contributed by atoms with Gasteiger partial charge in [0.1, 0.15) is 11.0 Å². The number of nitrogens with zero attached hydrogens (tertiary/aromatic N) is 3. The van der Waals surface area contributed by atoms with Gasteiger partial charge >= 0.3 is 12.1 Å². The average molecular weight is 468 g/mol. The molecule has 4 aromatic heterocycles. The van der Waals surface area contributed by atoms with E-state index in [1.807, 2.05) is 5.32 Å². The number of pyridine rings is 1. The zero-order valence-electron chi connectivity index (χ0n) is 15.5. The van der Waals surface area contributed by atoms with Gasteiger partial charge in [-0.2, -0.15) is 13.2 Å². The summed E-state index contributed by atoms with van der Waals surface area (Å²) >= 11 is 7.68. The number of thiophene rings is 1. The van der Waals surface area contributed by atoms with Crippen LogP contribution in [0, 0.1) is 0 Å². The molecule has 0 atom stereocenters. The number of carbonyl (C=O) groups excluding carboxylic acids is 1. The number of amides is 1. The summed E-state index contributed by atoms with van der Waals surface area (Å²) in [5.41, 5.74) is 1.76. The molecule has 0 saturated carbocycles. The van der Waals surface area contributed by atoms with Gasteiger partial charge in [0.25, 0.3) is 5.56 Å². The Kier molecular flexibility index (Phi) is 5.54. The number of H-pyrrole nitrogens is 1. The SMILES string of the molecule is O=C(NCCn1c(-c2sccc2Cl)c(-c2cccnc2)c2nc[nH]c(=O)c21)C(F)(F)F. The van der Waals surface area contributed by atoms with Crippen molar-refractivity contribution < 1.29 is 18.0 Å². The first kappa shape index (κ1) is 21.1. The Morgan fingerprint density at radius 1 is 1.32 bits per heavy atom. The third-order valence-corrected chi connectivity index (χ3v) is 5.85. The van der Waals surface area contributed by atoms with Crippen molar-refractivity contribution in [2.24, 2.45) is 0 Å². The number of nitrogens with one attached hydrogen (secondary N) is 2. The highest BCUT2D eigenvalue weighted by molar-refractivity contribution is 7.14. The second-order valence-corrected chi connectivity index (χ2v) is 7.72. The lowest BCUT2D eigenvalue weighted by molar-refractivity contribution is -0.173. The van der Waals surface area contributed by atoms with Gasteiger partial charge in [-0.15, -0.1) is 11.3 Å². The van der Waals surface area contributed by atoms with Crippen LogP contribution in [0.3, 0.4) is 0 Å². The predicted molar refractivity (Wildman–Crippen MR) is 111 cm³/mol. The second kappa shape index (κ2) is 8.16. The van der Waals surface area contributed by atoms with Crippen LogP contribution in [-0.4, -0.2) is 38.1 Å². The Labute approximate surface area is 181 Å². The van der Waals surface area contributed by atoms with Gasteiger partial charge in [0, 0.05) is 36.6 Å². The summed E-state index contributed by atoms with van der Waals surface area (Å²) in [5.74, 6) is -2.06. The first-order valence-electron chi connectivity index (χ1n) is 8.87. The zero-order valence-corrected chi connectivity index (χ0v) is 17.1. The van der Waals surface area contributed by atoms with E-state index in [-0.39, 0.29) is 18.6 Å². The molecule has 0 aliphatic heterocycles. The van der Waals surface area contributed by atoms with E-state index in [1.54, 1.807) is 36.0 Å². The molecule has 0 saturated heterocycles. The monoisotopic (exact) mass is 467 g/mol. The molecule has 0 aliphatic carbocycles. The van der Waals surface area contributed by atoms with E-state index in [1.165, 1.54) is 22.2 Å². The molecule has 0 spiro atoms. The fourth-order valence-corrected chi connectivity index (χ4v) is 4.48. The maximum Gasteiger partial charge on any atom is 0.471 e. The van der Waals surface area contributed by atoms with Gasteiger partial charge < -0.3 is 14.9 Å². The quantitative estimate of drug-likeness (QED) is 0.466. The molecule has 1 amide bonds. The summed E-state index contributed by atoms with van der Waals surface area (Å²) in [5, 5.41) is 4.00. The minimum atomic E-state index is -5.00. The van der Waals surface area contributed by atoms with Gasteiger partial charge in [-0.3, -0.25) is 14.6 Å². The lowest BCUT2D eigenvalue weighted by Crippen LogP contribution is -2.38. The van der Waals surface area contributed by atoms with Crippen molar-refractivity contribution in [1.82, 2.24) is 24.8 Å². The molecule has 2 N–H and O–H groups in total. The third-order valence-electron chi connectivity index (χ3n) is 4.50. The van der Waals surface area contributed by atoms with Crippen LogP contribution >= 0.6 is 22.9 Å². The molecule has 4 rings (SSSR count). The van der Waals surface area contributed by atoms with Gasteiger partial charge in [0.2, 0.25) is 0 Å². The number of carbonyl (C=O) groups is 1. The fourth-order valence-electron chi connectivity index (χ4n) is 3.27. The first-order chi connectivity index (χ1) is 14.8. The molecule has 0 aliphatic rings. The maximum absolute atomic E-state index is 12.7. The van der Waals surface area contributed by atoms with Gasteiger partial charge in [-0.25, -0.2) is 4.98 Å². The molecule has 160 valence electrons. The van der Waals surface area contributed by atoms with Crippen LogP contribution in [-0.2, 0) is 11.3 Å². The molecule has 0 unspecified atom stereocenters. The number of hydrogen-bond donors (Lipinski definition) is 2. The maximum atomic E-state index is 12.7. The van der Waals surface area contributed by atoms with E-state index in [4.69, 9.17) is 11.6 Å². The highest BCUT2D eigenvalue weighted by atomic mass is 35.5. The Morgan fingerprint density at radius 3 is 2.77 bits per heavy atom. The highest BCUT2D eigenvalue weighted by Crippen LogP contribution is 2.43. The lowest BCUT2D eigenvalue weighted by atomic mass is 10.1. The molecule has 0 bridgehead atoms. The molecule has 4 heterocycles. The third kappa shape index (κ3) is 3.93. The molecular formula is C19H13ClF3N5O2S. The molecule has 4 aromatic rings. The molecule has 0 aromatic carbocycles. The molecule has 0 radical (unpaired) electrons. The largest absolute Gasteiger partial charge is 0.471 e. The minimum Gasteiger partial charge on any atom is -0.346 e. The van der Waals surface area contributed by atoms with E-state index in [0.29, 0.717) is 32.2 Å². The number of fused-ring (bicyclic) bond motifs is 1. The van der Waals surface area contributed by atoms with E-state index >= 15 is 0 Å². The highest BCUT2D eigenvalue weighted by Gasteiger charge is 2.38. The molecule has 31 heavy (non-hydrogen) atoms. The molecule has 7 nitrogen and oxygen atoms in total. The van der Waals surface area contributed by atoms with Crippen molar-refractivity contribution in [3.8, 4) is 21.7 Å². The van der Waals surface area contributed by atoms with Crippen LogP contribution in [0.15, 0.2) is 47.1 Å². The number of aromatic amines is 1. The van der Waals surface area contributed by atoms with Gasteiger partial charge in [0.05, 0.1) is 21.9 Å². The van der Waals surface area contributed by atoms with Gasteiger partial charge in [0.15, 0.2) is 0 Å². The van der Waals surface area contributed by atoms with Crippen molar-refractivity contribution in [2.45, 2.75) is 12.7 Å². The van der Waals surface area contributed by atoms with Crippen LogP contribution in [0.2, 0.25) is 5.02 Å². The van der Waals surface area contributed by atoms with E-state index in [0.717, 1.165) is 0 Å². The Hall–Kier alpha value is -3.18. The minimum absolute atomic E-state index is 0.114. The fraction of sp³-hybridized carbons (Fsp3) is 0.158. The standard InChI is InChI=1S/C19H13ClF3N5O2S/c20-11-3-7-31-16(11)14-12(10-2-1-4-24-8-10)13-15(17(29)27-9-26-13)28(14)6-5-25-18(30)19(21,22)23/h1-4,7-9H,5-6H2,(H,25,30)(H,26,27,29). The topological polar surface area (TPSA) is 92.7 Å². The zero-order chi connectivity index (χ0) is 22.2. The predicted octanol–water partition coefficient (Wildman–Crippen LogP) is 3.85. The van der Waals surface area contributed by atoms with Crippen LogP contribution in [0.5, 0.6) is 0 Å². The summed E-state index contributed by atoms with van der Waals surface area (Å²) in [7, 11) is 0. The van der Waals surface area contributed by atoms with Crippen molar-refractivity contribution >= 4 is 39.9 Å². The van der Waals surface area contributed by atoms with E-state index < -0.39 is 17.6 Å². The van der Waals surface area contributed by atoms with E-state index in [2.05, 4.69) is 15.0 Å². The summed E-state index contributed by atoms with van der Waals surface area (Å²) < 4.78 is 39.2. The number of rotatable bonds is 5. The lowest BCUT2D eigenvalue weighted by Gasteiger charge is -2.13. The van der Waals surface area contributed by atoms with Crippen LogP contribution in [0.25, 0.3) is 32.7 Å². The van der Waals surface area contributed by atoms with Gasteiger partial charge in [-0.05, 0) is 17.5 Å².